The fourth-order valence-electron chi connectivity index (χ4n) is 0.318. The third kappa shape index (κ3) is 4.54. The summed E-state index contributed by atoms with van der Waals surface area (Å²) < 4.78 is 35.1. The molecule has 12 heavy (non-hydrogen) atoms. The van der Waals surface area contributed by atoms with Gasteiger partial charge in [-0.1, -0.05) is 6.58 Å². The van der Waals surface area contributed by atoms with Gasteiger partial charge in [-0.25, -0.2) is 0 Å². The van der Waals surface area contributed by atoms with Gasteiger partial charge in [0.1, 0.15) is 5.70 Å². The van der Waals surface area contributed by atoms with Crippen LogP contribution in [0.5, 0.6) is 0 Å². The van der Waals surface area contributed by atoms with Crippen LogP contribution in [0.15, 0.2) is 29.0 Å². The summed E-state index contributed by atoms with van der Waals surface area (Å²) in [5.74, 6) is 0. The summed E-state index contributed by atoms with van der Waals surface area (Å²) in [6.45, 7) is 4.27. The Bertz CT molecular complexity index is 221. The molecule has 0 aliphatic heterocycles. The van der Waals surface area contributed by atoms with E-state index in [0.29, 0.717) is 5.70 Å². The minimum atomic E-state index is -4.47. The number of hydrogen-bond donors (Lipinski definition) is 1. The largest absolute Gasteiger partial charge is 0.432 e. The number of halogens is 3. The monoisotopic (exact) mass is 178 g/mol. The van der Waals surface area contributed by atoms with Crippen LogP contribution in [-0.4, -0.2) is 12.4 Å². The zero-order chi connectivity index (χ0) is 9.78. The Morgan fingerprint density at radius 2 is 2.00 bits per heavy atom. The molecule has 0 rings (SSSR count). The fraction of sp³-hybridized carbons (Fsp3) is 0.286. The van der Waals surface area contributed by atoms with Gasteiger partial charge in [0.25, 0.3) is 0 Å². The van der Waals surface area contributed by atoms with Crippen molar-refractivity contribution in [2.75, 3.05) is 0 Å². The van der Waals surface area contributed by atoms with Crippen LogP contribution in [0.4, 0.5) is 13.2 Å². The van der Waals surface area contributed by atoms with Crippen molar-refractivity contribution in [1.29, 1.82) is 0 Å². The SMILES string of the molecule is C=C(N=C/C=C(\C)N)C(F)(F)F. The van der Waals surface area contributed by atoms with Gasteiger partial charge in [-0.05, 0) is 13.0 Å². The van der Waals surface area contributed by atoms with Gasteiger partial charge in [-0.15, -0.1) is 0 Å². The molecule has 0 spiro atoms. The maximum absolute atomic E-state index is 11.7. The molecule has 0 saturated carbocycles. The normalized spacial score (nSPS) is 13.8. The number of hydrogen-bond acceptors (Lipinski definition) is 2. The van der Waals surface area contributed by atoms with Gasteiger partial charge >= 0.3 is 6.18 Å². The minimum absolute atomic E-state index is 0.383. The number of rotatable bonds is 2. The van der Waals surface area contributed by atoms with E-state index in [1.165, 1.54) is 6.08 Å². The topological polar surface area (TPSA) is 38.4 Å². The first kappa shape index (κ1) is 10.7. The van der Waals surface area contributed by atoms with Gasteiger partial charge in [-0.3, -0.25) is 4.99 Å². The summed E-state index contributed by atoms with van der Waals surface area (Å²) in [6.07, 6.45) is -2.24. The summed E-state index contributed by atoms with van der Waals surface area (Å²) >= 11 is 0. The van der Waals surface area contributed by atoms with Crippen LogP contribution in [0.1, 0.15) is 6.92 Å². The summed E-state index contributed by atoms with van der Waals surface area (Å²) in [7, 11) is 0. The van der Waals surface area contributed by atoms with Crippen molar-refractivity contribution in [3.05, 3.63) is 24.0 Å². The van der Waals surface area contributed by atoms with Crippen LogP contribution in [0.3, 0.4) is 0 Å². The van der Waals surface area contributed by atoms with Crippen molar-refractivity contribution in [2.24, 2.45) is 10.7 Å². The fourth-order valence-corrected chi connectivity index (χ4v) is 0.318. The molecule has 0 aromatic heterocycles. The van der Waals surface area contributed by atoms with Crippen LogP contribution >= 0.6 is 0 Å². The Balaban J connectivity index is 4.20. The lowest BCUT2D eigenvalue weighted by Gasteiger charge is -2.02. The first-order valence-corrected chi connectivity index (χ1v) is 3.06. The molecule has 0 aromatic carbocycles. The average Bonchev–Trinajstić information content (AvgIpc) is 1.84. The molecule has 0 amide bonds. The molecule has 0 aliphatic carbocycles. The summed E-state index contributed by atoms with van der Waals surface area (Å²) in [5.41, 5.74) is 4.39. The van der Waals surface area contributed by atoms with E-state index in [1.54, 1.807) is 6.92 Å². The van der Waals surface area contributed by atoms with E-state index in [1.807, 2.05) is 0 Å². The minimum Gasteiger partial charge on any atom is -0.402 e. The zero-order valence-electron chi connectivity index (χ0n) is 6.52. The Hall–Kier alpha value is -1.26. The van der Waals surface area contributed by atoms with Crippen molar-refractivity contribution in [2.45, 2.75) is 13.1 Å². The lowest BCUT2D eigenvalue weighted by atomic mass is 10.4. The molecule has 0 aromatic rings. The maximum Gasteiger partial charge on any atom is 0.432 e. The van der Waals surface area contributed by atoms with Gasteiger partial charge in [0.2, 0.25) is 0 Å². The smallest absolute Gasteiger partial charge is 0.402 e. The number of nitrogens with zero attached hydrogens (tertiary/aromatic N) is 1. The van der Waals surface area contributed by atoms with E-state index >= 15 is 0 Å². The highest BCUT2D eigenvalue weighted by molar-refractivity contribution is 5.72. The molecule has 0 bridgehead atoms. The quantitative estimate of drug-likeness (QED) is 0.645. The van der Waals surface area contributed by atoms with E-state index < -0.39 is 11.9 Å². The van der Waals surface area contributed by atoms with Crippen molar-refractivity contribution in [3.63, 3.8) is 0 Å². The number of aliphatic imine (C=N–C) groups is 1. The molecular weight excluding hydrogens is 169 g/mol. The molecule has 0 fully saturated rings. The Morgan fingerprint density at radius 1 is 1.50 bits per heavy atom. The predicted molar refractivity (Wildman–Crippen MR) is 41.6 cm³/mol. The van der Waals surface area contributed by atoms with Gasteiger partial charge < -0.3 is 5.73 Å². The van der Waals surface area contributed by atoms with Gasteiger partial charge in [0, 0.05) is 11.9 Å². The van der Waals surface area contributed by atoms with Crippen LogP contribution in [0.25, 0.3) is 0 Å². The van der Waals surface area contributed by atoms with Crippen LogP contribution in [-0.2, 0) is 0 Å². The average molecular weight is 178 g/mol. The zero-order valence-corrected chi connectivity index (χ0v) is 6.52. The lowest BCUT2D eigenvalue weighted by Crippen LogP contribution is -2.08. The molecular formula is C7H9F3N2. The van der Waals surface area contributed by atoms with Crippen LogP contribution in [0.2, 0.25) is 0 Å². The molecule has 0 unspecified atom stereocenters. The van der Waals surface area contributed by atoms with E-state index in [2.05, 4.69) is 11.6 Å². The maximum atomic E-state index is 11.7. The van der Waals surface area contributed by atoms with Crippen molar-refractivity contribution < 1.29 is 13.2 Å². The third-order valence-electron chi connectivity index (χ3n) is 0.895. The Morgan fingerprint density at radius 3 is 2.33 bits per heavy atom. The van der Waals surface area contributed by atoms with Crippen molar-refractivity contribution in [1.82, 2.24) is 0 Å². The lowest BCUT2D eigenvalue weighted by molar-refractivity contribution is -0.0918. The second-order valence-electron chi connectivity index (χ2n) is 2.13. The highest BCUT2D eigenvalue weighted by Gasteiger charge is 2.31. The van der Waals surface area contributed by atoms with E-state index in [4.69, 9.17) is 5.73 Å². The van der Waals surface area contributed by atoms with Gasteiger partial charge in [0.05, 0.1) is 0 Å². The highest BCUT2D eigenvalue weighted by atomic mass is 19.4. The van der Waals surface area contributed by atoms with E-state index in [9.17, 15) is 13.2 Å². The van der Waals surface area contributed by atoms with Gasteiger partial charge in [-0.2, -0.15) is 13.2 Å². The molecule has 5 heteroatoms. The third-order valence-corrected chi connectivity index (χ3v) is 0.895. The second-order valence-corrected chi connectivity index (χ2v) is 2.13. The molecule has 0 heterocycles. The molecule has 0 atom stereocenters. The Kier molecular flexibility index (Phi) is 3.53. The summed E-state index contributed by atoms with van der Waals surface area (Å²) in [6, 6.07) is 0. The summed E-state index contributed by atoms with van der Waals surface area (Å²) in [4.78, 5) is 3.03. The van der Waals surface area contributed by atoms with E-state index in [0.717, 1.165) is 6.21 Å². The molecule has 0 aliphatic rings. The number of allylic oxidation sites excluding steroid dienone is 3. The predicted octanol–water partition coefficient (Wildman–Crippen LogP) is 2.00. The molecule has 0 radical (unpaired) electrons. The Labute approximate surface area is 68.3 Å². The van der Waals surface area contributed by atoms with Gasteiger partial charge in [0.15, 0.2) is 0 Å². The molecule has 68 valence electrons. The van der Waals surface area contributed by atoms with Crippen molar-refractivity contribution in [3.8, 4) is 0 Å². The number of nitrogens with two attached hydrogens (primary N) is 1. The first-order valence-electron chi connectivity index (χ1n) is 3.06. The number of alkyl halides is 3. The molecule has 2 N–H and O–H groups in total. The standard InChI is InChI=1S/C7H9F3N2/c1-5(11)3-4-12-6(2)7(8,9)10/h3-4H,2,11H2,1H3/b5-3+,12-4?. The highest BCUT2D eigenvalue weighted by Crippen LogP contribution is 2.24. The van der Waals surface area contributed by atoms with Crippen LogP contribution in [0, 0.1) is 0 Å². The first-order chi connectivity index (χ1) is 5.34. The molecule has 0 saturated heterocycles. The second kappa shape index (κ2) is 3.94. The van der Waals surface area contributed by atoms with Crippen molar-refractivity contribution >= 4 is 6.21 Å². The van der Waals surface area contributed by atoms with Crippen LogP contribution < -0.4 is 5.73 Å². The van der Waals surface area contributed by atoms with E-state index in [-0.39, 0.29) is 0 Å². The summed E-state index contributed by atoms with van der Waals surface area (Å²) in [5, 5.41) is 0. The molecule has 2 nitrogen and oxygen atoms in total.